The second-order valence-corrected chi connectivity index (χ2v) is 10.2. The van der Waals surface area contributed by atoms with Gasteiger partial charge >= 0.3 is 0 Å². The van der Waals surface area contributed by atoms with Gasteiger partial charge in [0.05, 0.1) is 0 Å². The molecular formula is C19H24N2O2S2. The molecule has 2 aliphatic heterocycles. The Morgan fingerprint density at radius 3 is 2.72 bits per heavy atom. The zero-order valence-electron chi connectivity index (χ0n) is 14.2. The lowest BCUT2D eigenvalue weighted by molar-refractivity contribution is 0.162. The Bertz CT molecular complexity index is 812. The summed E-state index contributed by atoms with van der Waals surface area (Å²) in [6, 6.07) is 12.0. The van der Waals surface area contributed by atoms with Crippen molar-refractivity contribution in [3.05, 3.63) is 52.9 Å². The lowest BCUT2D eigenvalue weighted by Crippen LogP contribution is -2.51. The number of nitrogens with one attached hydrogen (secondary N) is 1. The van der Waals surface area contributed by atoms with Crippen molar-refractivity contribution in [1.29, 1.82) is 0 Å². The predicted molar refractivity (Wildman–Crippen MR) is 101 cm³/mol. The molecule has 1 fully saturated rings. The number of thiophene rings is 1. The van der Waals surface area contributed by atoms with Crippen LogP contribution >= 0.6 is 11.3 Å². The van der Waals surface area contributed by atoms with Crippen LogP contribution in [0.25, 0.3) is 0 Å². The fourth-order valence-corrected chi connectivity index (χ4v) is 7.41. The highest BCUT2D eigenvalue weighted by molar-refractivity contribution is 7.94. The van der Waals surface area contributed by atoms with Gasteiger partial charge in [0.1, 0.15) is 9.58 Å². The Morgan fingerprint density at radius 1 is 1.16 bits per heavy atom. The molecule has 0 saturated carbocycles. The van der Waals surface area contributed by atoms with Crippen LogP contribution in [0, 0.1) is 5.92 Å². The summed E-state index contributed by atoms with van der Waals surface area (Å²) in [5.74, 6) is 0.145. The first-order chi connectivity index (χ1) is 12.2. The normalized spacial score (nSPS) is 23.1. The van der Waals surface area contributed by atoms with Crippen molar-refractivity contribution in [2.24, 2.45) is 5.92 Å². The summed E-state index contributed by atoms with van der Waals surface area (Å²) in [6.07, 6.45) is 2.94. The van der Waals surface area contributed by atoms with Crippen LogP contribution in [0.3, 0.4) is 0 Å². The maximum absolute atomic E-state index is 13.4. The highest BCUT2D eigenvalue weighted by Crippen LogP contribution is 2.33. The van der Waals surface area contributed by atoms with Crippen molar-refractivity contribution in [1.82, 2.24) is 10.2 Å². The number of hydrogen-bond donors (Lipinski definition) is 1. The summed E-state index contributed by atoms with van der Waals surface area (Å²) >= 11 is 1.34. The summed E-state index contributed by atoms with van der Waals surface area (Å²) in [5, 5.41) is 4.82. The SMILES string of the molecule is O=S(=O)(c1cccs1)C(C1CCCNC1)N1CCc2ccccc2C1. The van der Waals surface area contributed by atoms with Gasteiger partial charge in [-0.2, -0.15) is 0 Å². The van der Waals surface area contributed by atoms with Crippen molar-refractivity contribution in [2.75, 3.05) is 19.6 Å². The summed E-state index contributed by atoms with van der Waals surface area (Å²) in [6.45, 7) is 3.31. The summed E-state index contributed by atoms with van der Waals surface area (Å²) < 4.78 is 27.4. The minimum atomic E-state index is -3.36. The van der Waals surface area contributed by atoms with Crippen LogP contribution in [0.15, 0.2) is 46.0 Å². The Balaban J connectivity index is 1.69. The number of piperidine rings is 1. The van der Waals surface area contributed by atoms with E-state index in [4.69, 9.17) is 0 Å². The molecule has 4 nitrogen and oxygen atoms in total. The molecule has 6 heteroatoms. The Hall–Kier alpha value is -1.21. The average Bonchev–Trinajstić information content (AvgIpc) is 3.18. The van der Waals surface area contributed by atoms with Gasteiger partial charge in [0.2, 0.25) is 9.84 Å². The first kappa shape index (κ1) is 17.2. The monoisotopic (exact) mass is 376 g/mol. The summed E-state index contributed by atoms with van der Waals surface area (Å²) in [5.41, 5.74) is 2.62. The Kier molecular flexibility index (Phi) is 4.95. The molecular weight excluding hydrogens is 352 g/mol. The molecule has 0 aliphatic carbocycles. The fraction of sp³-hybridized carbons (Fsp3) is 0.474. The van der Waals surface area contributed by atoms with E-state index in [9.17, 15) is 8.42 Å². The van der Waals surface area contributed by atoms with E-state index >= 15 is 0 Å². The van der Waals surface area contributed by atoms with E-state index in [2.05, 4.69) is 28.4 Å². The highest BCUT2D eigenvalue weighted by Gasteiger charge is 2.41. The third-order valence-electron chi connectivity index (χ3n) is 5.35. The molecule has 0 spiro atoms. The van der Waals surface area contributed by atoms with Crippen LogP contribution in [-0.2, 0) is 22.8 Å². The van der Waals surface area contributed by atoms with Crippen LogP contribution in [0.5, 0.6) is 0 Å². The van der Waals surface area contributed by atoms with E-state index in [0.29, 0.717) is 4.21 Å². The average molecular weight is 377 g/mol. The Labute approximate surface area is 153 Å². The van der Waals surface area contributed by atoms with Gasteiger partial charge in [0.25, 0.3) is 0 Å². The topological polar surface area (TPSA) is 49.4 Å². The standard InChI is InChI=1S/C19H24N2O2S2/c22-25(23,18-8-4-12-24-18)19(16-7-3-10-20-13-16)21-11-9-15-5-1-2-6-17(15)14-21/h1-2,4-6,8,12,16,19-20H,3,7,9-11,13-14H2. The van der Waals surface area contributed by atoms with Crippen LogP contribution < -0.4 is 5.32 Å². The molecule has 2 atom stereocenters. The predicted octanol–water partition coefficient (Wildman–Crippen LogP) is 2.91. The molecule has 3 heterocycles. The number of hydrogen-bond acceptors (Lipinski definition) is 5. The first-order valence-corrected chi connectivity index (χ1v) is 11.4. The maximum atomic E-state index is 13.4. The van der Waals surface area contributed by atoms with Crippen LogP contribution in [0.1, 0.15) is 24.0 Å². The minimum absolute atomic E-state index is 0.145. The van der Waals surface area contributed by atoms with Gasteiger partial charge in [-0.25, -0.2) is 8.42 Å². The van der Waals surface area contributed by atoms with E-state index in [0.717, 1.165) is 45.4 Å². The molecule has 0 radical (unpaired) electrons. The van der Waals surface area contributed by atoms with Gasteiger partial charge in [-0.1, -0.05) is 30.3 Å². The molecule has 2 aromatic rings. The molecule has 0 amide bonds. The van der Waals surface area contributed by atoms with E-state index < -0.39 is 15.2 Å². The molecule has 0 bridgehead atoms. The number of fused-ring (bicyclic) bond motifs is 1. The summed E-state index contributed by atoms with van der Waals surface area (Å²) in [7, 11) is -3.36. The van der Waals surface area contributed by atoms with Gasteiger partial charge in [0, 0.05) is 25.6 Å². The van der Waals surface area contributed by atoms with Gasteiger partial charge in [0.15, 0.2) is 0 Å². The first-order valence-electron chi connectivity index (χ1n) is 8.95. The molecule has 4 rings (SSSR count). The van der Waals surface area contributed by atoms with E-state index in [1.807, 2.05) is 17.5 Å². The van der Waals surface area contributed by atoms with E-state index in [1.54, 1.807) is 6.07 Å². The van der Waals surface area contributed by atoms with Gasteiger partial charge < -0.3 is 5.32 Å². The van der Waals surface area contributed by atoms with Crippen LogP contribution in [-0.4, -0.2) is 38.3 Å². The number of benzene rings is 1. The number of rotatable bonds is 4. The van der Waals surface area contributed by atoms with Crippen molar-refractivity contribution in [2.45, 2.75) is 35.4 Å². The lowest BCUT2D eigenvalue weighted by Gasteiger charge is -2.40. The summed E-state index contributed by atoms with van der Waals surface area (Å²) in [4.78, 5) is 2.20. The third kappa shape index (κ3) is 3.40. The van der Waals surface area contributed by atoms with Crippen molar-refractivity contribution in [3.63, 3.8) is 0 Å². The van der Waals surface area contributed by atoms with Gasteiger partial charge in [-0.05, 0) is 48.4 Å². The molecule has 2 unspecified atom stereocenters. The molecule has 2 aliphatic rings. The zero-order chi connectivity index (χ0) is 17.3. The molecule has 134 valence electrons. The van der Waals surface area contributed by atoms with Gasteiger partial charge in [-0.15, -0.1) is 11.3 Å². The Morgan fingerprint density at radius 2 is 2.00 bits per heavy atom. The lowest BCUT2D eigenvalue weighted by atomic mass is 9.95. The third-order valence-corrected chi connectivity index (χ3v) is 9.01. The molecule has 1 N–H and O–H groups in total. The van der Waals surface area contributed by atoms with Crippen LogP contribution in [0.2, 0.25) is 0 Å². The van der Waals surface area contributed by atoms with Crippen molar-refractivity contribution < 1.29 is 8.42 Å². The molecule has 25 heavy (non-hydrogen) atoms. The fourth-order valence-electron chi connectivity index (χ4n) is 4.15. The number of sulfone groups is 1. The second kappa shape index (κ2) is 7.19. The largest absolute Gasteiger partial charge is 0.316 e. The quantitative estimate of drug-likeness (QED) is 0.891. The molecule has 1 aromatic carbocycles. The van der Waals surface area contributed by atoms with Crippen LogP contribution in [0.4, 0.5) is 0 Å². The number of nitrogens with zero attached hydrogens (tertiary/aromatic N) is 1. The molecule has 1 saturated heterocycles. The van der Waals surface area contributed by atoms with Gasteiger partial charge in [-0.3, -0.25) is 4.90 Å². The highest BCUT2D eigenvalue weighted by atomic mass is 32.2. The van der Waals surface area contributed by atoms with Crippen molar-refractivity contribution >= 4 is 21.2 Å². The zero-order valence-corrected chi connectivity index (χ0v) is 15.9. The smallest absolute Gasteiger partial charge is 0.204 e. The minimum Gasteiger partial charge on any atom is -0.316 e. The molecule has 1 aromatic heterocycles. The maximum Gasteiger partial charge on any atom is 0.204 e. The van der Waals surface area contributed by atoms with E-state index in [1.165, 1.54) is 22.5 Å². The second-order valence-electron chi connectivity index (χ2n) is 6.96. The van der Waals surface area contributed by atoms with E-state index in [-0.39, 0.29) is 5.92 Å². The van der Waals surface area contributed by atoms with Crippen molar-refractivity contribution in [3.8, 4) is 0 Å².